The maximum atomic E-state index is 13.3. The first kappa shape index (κ1) is 19.4. The fraction of sp³-hybridized carbons (Fsp3) is 0.762. The molecule has 3 saturated carbocycles. The van der Waals surface area contributed by atoms with Gasteiger partial charge in [0, 0.05) is 6.42 Å². The molecule has 2 amide bonds. The van der Waals surface area contributed by atoms with Crippen molar-refractivity contribution in [3.8, 4) is 0 Å². The number of hydrogen-bond acceptors (Lipinski definition) is 5. The van der Waals surface area contributed by atoms with Crippen molar-refractivity contribution in [2.24, 2.45) is 22.7 Å². The standard InChI is InChI=1S/C21H31N3O4/c25-17(24-27)12-16(11-15-3-1-2-4-15)13-21(8-7-20(14-21)5-6-20)18(26)23-19-22-9-10-28-19/h9-10,15-16,27H,1-8,11-14H2,(H,24,25)(H,22,23,26). The zero-order valence-corrected chi connectivity index (χ0v) is 16.4. The molecule has 1 spiro atoms. The first-order chi connectivity index (χ1) is 13.5. The quantitative estimate of drug-likeness (QED) is 0.460. The zero-order chi connectivity index (χ0) is 19.6. The lowest BCUT2D eigenvalue weighted by Gasteiger charge is -2.33. The van der Waals surface area contributed by atoms with Gasteiger partial charge in [-0.2, -0.15) is 0 Å². The van der Waals surface area contributed by atoms with Crippen molar-refractivity contribution in [1.29, 1.82) is 0 Å². The van der Waals surface area contributed by atoms with Crippen LogP contribution in [-0.4, -0.2) is 22.0 Å². The summed E-state index contributed by atoms with van der Waals surface area (Å²) in [5.41, 5.74) is 1.63. The van der Waals surface area contributed by atoms with Crippen LogP contribution in [0.1, 0.15) is 77.0 Å². The number of oxazole rings is 1. The molecule has 0 aromatic carbocycles. The summed E-state index contributed by atoms with van der Waals surface area (Å²) < 4.78 is 5.23. The number of rotatable bonds is 8. The Kier molecular flexibility index (Phi) is 5.45. The molecule has 2 atom stereocenters. The third kappa shape index (κ3) is 4.24. The van der Waals surface area contributed by atoms with Crippen LogP contribution in [0.5, 0.6) is 0 Å². The topological polar surface area (TPSA) is 104 Å². The predicted octanol–water partition coefficient (Wildman–Crippen LogP) is 4.05. The Morgan fingerprint density at radius 2 is 2.00 bits per heavy atom. The van der Waals surface area contributed by atoms with E-state index in [1.165, 1.54) is 51.0 Å². The average Bonchev–Trinajstić information content (AvgIpc) is 3.09. The lowest BCUT2D eigenvalue weighted by Crippen LogP contribution is -2.37. The van der Waals surface area contributed by atoms with Gasteiger partial charge in [0.1, 0.15) is 6.26 Å². The summed E-state index contributed by atoms with van der Waals surface area (Å²) in [6, 6.07) is 0.238. The molecular formula is C21H31N3O4. The lowest BCUT2D eigenvalue weighted by atomic mass is 9.72. The Balaban J connectivity index is 1.51. The van der Waals surface area contributed by atoms with Gasteiger partial charge in [0.25, 0.3) is 0 Å². The van der Waals surface area contributed by atoms with E-state index in [1.54, 1.807) is 5.48 Å². The van der Waals surface area contributed by atoms with Gasteiger partial charge in [-0.15, -0.1) is 0 Å². The molecule has 1 aromatic rings. The number of aromatic nitrogens is 1. The van der Waals surface area contributed by atoms with Crippen molar-refractivity contribution in [3.05, 3.63) is 12.5 Å². The molecule has 3 fully saturated rings. The summed E-state index contributed by atoms with van der Waals surface area (Å²) >= 11 is 0. The van der Waals surface area contributed by atoms with Gasteiger partial charge in [0.05, 0.1) is 11.6 Å². The summed E-state index contributed by atoms with van der Waals surface area (Å²) in [6.45, 7) is 0. The number of nitrogens with zero attached hydrogens (tertiary/aromatic N) is 1. The lowest BCUT2D eigenvalue weighted by molar-refractivity contribution is -0.132. The van der Waals surface area contributed by atoms with E-state index in [2.05, 4.69) is 10.3 Å². The van der Waals surface area contributed by atoms with Gasteiger partial charge in [-0.25, -0.2) is 10.5 Å². The van der Waals surface area contributed by atoms with Crippen molar-refractivity contribution in [3.63, 3.8) is 0 Å². The van der Waals surface area contributed by atoms with Crippen LogP contribution in [0.4, 0.5) is 6.01 Å². The first-order valence-electron chi connectivity index (χ1n) is 10.7. The normalized spacial score (nSPS) is 27.0. The molecule has 154 valence electrons. The van der Waals surface area contributed by atoms with Crippen molar-refractivity contribution in [1.82, 2.24) is 10.5 Å². The second-order valence-corrected chi connectivity index (χ2v) is 9.44. The summed E-state index contributed by atoms with van der Waals surface area (Å²) in [5.74, 6) is 0.337. The smallest absolute Gasteiger partial charge is 0.301 e. The average molecular weight is 389 g/mol. The number of carbonyl (C=O) groups is 2. The molecule has 3 N–H and O–H groups in total. The monoisotopic (exact) mass is 389 g/mol. The van der Waals surface area contributed by atoms with Gasteiger partial charge in [-0.05, 0) is 62.2 Å². The highest BCUT2D eigenvalue weighted by atomic mass is 16.5. The highest BCUT2D eigenvalue weighted by Crippen LogP contribution is 2.65. The number of anilines is 1. The molecule has 28 heavy (non-hydrogen) atoms. The number of hydrogen-bond donors (Lipinski definition) is 3. The Morgan fingerprint density at radius 1 is 1.25 bits per heavy atom. The summed E-state index contributed by atoms with van der Waals surface area (Å²) in [7, 11) is 0. The molecule has 0 aliphatic heterocycles. The molecule has 0 radical (unpaired) electrons. The van der Waals surface area contributed by atoms with E-state index in [9.17, 15) is 9.59 Å². The summed E-state index contributed by atoms with van der Waals surface area (Å²) in [6.07, 6.45) is 15.0. The van der Waals surface area contributed by atoms with Crippen LogP contribution < -0.4 is 10.8 Å². The van der Waals surface area contributed by atoms with Crippen LogP contribution in [0.3, 0.4) is 0 Å². The van der Waals surface area contributed by atoms with Gasteiger partial charge in [0.2, 0.25) is 11.8 Å². The maximum absolute atomic E-state index is 13.3. The van der Waals surface area contributed by atoms with Crippen LogP contribution in [0, 0.1) is 22.7 Å². The van der Waals surface area contributed by atoms with Gasteiger partial charge < -0.3 is 4.42 Å². The van der Waals surface area contributed by atoms with E-state index in [-0.39, 0.29) is 30.2 Å². The van der Waals surface area contributed by atoms with E-state index in [4.69, 9.17) is 9.62 Å². The molecule has 0 bridgehead atoms. The van der Waals surface area contributed by atoms with Crippen LogP contribution in [0.25, 0.3) is 0 Å². The predicted molar refractivity (Wildman–Crippen MR) is 102 cm³/mol. The molecule has 1 heterocycles. The fourth-order valence-corrected chi connectivity index (χ4v) is 5.79. The number of nitrogens with one attached hydrogen (secondary N) is 2. The van der Waals surface area contributed by atoms with E-state index in [1.807, 2.05) is 0 Å². The van der Waals surface area contributed by atoms with E-state index < -0.39 is 5.41 Å². The van der Waals surface area contributed by atoms with Crippen LogP contribution in [0.2, 0.25) is 0 Å². The van der Waals surface area contributed by atoms with Crippen LogP contribution in [0.15, 0.2) is 16.9 Å². The molecule has 3 aliphatic carbocycles. The minimum Gasteiger partial charge on any atom is -0.432 e. The Bertz CT molecular complexity index is 695. The van der Waals surface area contributed by atoms with Gasteiger partial charge in [-0.1, -0.05) is 25.7 Å². The van der Waals surface area contributed by atoms with Gasteiger partial charge in [-0.3, -0.25) is 20.1 Å². The fourth-order valence-electron chi connectivity index (χ4n) is 5.79. The largest absolute Gasteiger partial charge is 0.432 e. The van der Waals surface area contributed by atoms with Gasteiger partial charge >= 0.3 is 6.01 Å². The third-order valence-corrected chi connectivity index (χ3v) is 7.36. The van der Waals surface area contributed by atoms with E-state index in [0.717, 1.165) is 25.7 Å². The second kappa shape index (κ2) is 7.85. The van der Waals surface area contributed by atoms with E-state index in [0.29, 0.717) is 17.8 Å². The maximum Gasteiger partial charge on any atom is 0.301 e. The van der Waals surface area contributed by atoms with Crippen molar-refractivity contribution >= 4 is 17.8 Å². The molecule has 3 aliphatic rings. The first-order valence-corrected chi connectivity index (χ1v) is 10.7. The zero-order valence-electron chi connectivity index (χ0n) is 16.4. The Hall–Kier alpha value is -1.89. The van der Waals surface area contributed by atoms with Crippen molar-refractivity contribution in [2.45, 2.75) is 77.0 Å². The Labute approximate surface area is 165 Å². The minimum absolute atomic E-state index is 0.0282. The summed E-state index contributed by atoms with van der Waals surface area (Å²) in [5, 5.41) is 11.9. The molecule has 2 unspecified atom stereocenters. The SMILES string of the molecule is O=C(CC(CC1CCCC1)CC1(C(=O)Nc2ncco2)CCC2(CC2)C1)NO. The molecule has 0 saturated heterocycles. The Morgan fingerprint density at radius 3 is 2.61 bits per heavy atom. The van der Waals surface area contributed by atoms with Gasteiger partial charge in [0.15, 0.2) is 0 Å². The highest BCUT2D eigenvalue weighted by molar-refractivity contribution is 5.94. The van der Waals surface area contributed by atoms with E-state index >= 15 is 0 Å². The molecule has 7 heteroatoms. The third-order valence-electron chi connectivity index (χ3n) is 7.36. The number of carbonyl (C=O) groups excluding carboxylic acids is 2. The van der Waals surface area contributed by atoms with Crippen molar-refractivity contribution in [2.75, 3.05) is 5.32 Å². The highest BCUT2D eigenvalue weighted by Gasteiger charge is 2.58. The molecule has 1 aromatic heterocycles. The number of amides is 2. The molecular weight excluding hydrogens is 358 g/mol. The minimum atomic E-state index is -0.482. The van der Waals surface area contributed by atoms with Crippen LogP contribution in [-0.2, 0) is 9.59 Å². The molecule has 7 nitrogen and oxygen atoms in total. The molecule has 4 rings (SSSR count). The number of hydroxylamine groups is 1. The summed E-state index contributed by atoms with van der Waals surface area (Å²) in [4.78, 5) is 29.3. The van der Waals surface area contributed by atoms with Crippen LogP contribution >= 0.6 is 0 Å². The second-order valence-electron chi connectivity index (χ2n) is 9.44. The van der Waals surface area contributed by atoms with Crippen molar-refractivity contribution < 1.29 is 19.2 Å².